The van der Waals surface area contributed by atoms with Crippen LogP contribution in [0.2, 0.25) is 0 Å². The number of fused-ring (bicyclic) bond motifs is 1. The van der Waals surface area contributed by atoms with Gasteiger partial charge in [-0.2, -0.15) is 0 Å². The van der Waals surface area contributed by atoms with E-state index in [1.807, 2.05) is 23.9 Å². The largest absolute Gasteiger partial charge is 0.397 e. The number of nitrogens with zero attached hydrogens (tertiary/aromatic N) is 1. The van der Waals surface area contributed by atoms with Crippen molar-refractivity contribution < 1.29 is 4.74 Å². The zero-order chi connectivity index (χ0) is 12.4. The third kappa shape index (κ3) is 2.31. The molecule has 0 saturated carbocycles. The van der Waals surface area contributed by atoms with Crippen LogP contribution in [0.15, 0.2) is 35.4 Å². The number of nitrogen functional groups attached to an aromatic ring is 1. The summed E-state index contributed by atoms with van der Waals surface area (Å²) in [6, 6.07) is 8.13. The second-order valence-corrected chi connectivity index (χ2v) is 5.82. The van der Waals surface area contributed by atoms with Crippen LogP contribution in [0, 0.1) is 0 Å². The van der Waals surface area contributed by atoms with Crippen LogP contribution in [-0.4, -0.2) is 23.4 Å². The number of anilines is 1. The van der Waals surface area contributed by atoms with Crippen molar-refractivity contribution in [3.05, 3.63) is 30.5 Å². The summed E-state index contributed by atoms with van der Waals surface area (Å²) < 4.78 is 5.40. The van der Waals surface area contributed by atoms with Crippen molar-refractivity contribution in [1.82, 2.24) is 4.98 Å². The van der Waals surface area contributed by atoms with Crippen molar-refractivity contribution in [2.24, 2.45) is 0 Å². The van der Waals surface area contributed by atoms with Gasteiger partial charge in [-0.1, -0.05) is 6.07 Å². The minimum Gasteiger partial charge on any atom is -0.397 e. The molecule has 1 aromatic heterocycles. The summed E-state index contributed by atoms with van der Waals surface area (Å²) in [5.41, 5.74) is 7.63. The summed E-state index contributed by atoms with van der Waals surface area (Å²) in [7, 11) is 0. The van der Waals surface area contributed by atoms with Gasteiger partial charge in [0, 0.05) is 34.9 Å². The summed E-state index contributed by atoms with van der Waals surface area (Å²) >= 11 is 1.93. The van der Waals surface area contributed by atoms with Crippen LogP contribution in [0.3, 0.4) is 0 Å². The second-order valence-electron chi connectivity index (χ2n) is 4.48. The molecule has 3 rings (SSSR count). The molecule has 0 bridgehead atoms. The molecule has 1 fully saturated rings. The minimum absolute atomic E-state index is 0.644. The van der Waals surface area contributed by atoms with E-state index in [0.717, 1.165) is 42.6 Å². The fourth-order valence-electron chi connectivity index (χ4n) is 2.24. The normalized spacial score (nSPS) is 17.1. The first-order chi connectivity index (χ1) is 8.84. The molecule has 0 amide bonds. The molecule has 94 valence electrons. The number of thioether (sulfide) groups is 1. The van der Waals surface area contributed by atoms with Gasteiger partial charge in [0.25, 0.3) is 0 Å². The molecule has 2 N–H and O–H groups in total. The van der Waals surface area contributed by atoms with Crippen molar-refractivity contribution in [1.29, 1.82) is 0 Å². The van der Waals surface area contributed by atoms with Crippen LogP contribution in [0.25, 0.3) is 10.9 Å². The first-order valence-corrected chi connectivity index (χ1v) is 7.10. The summed E-state index contributed by atoms with van der Waals surface area (Å²) in [5.74, 6) is 0. The molecular formula is C14H16N2OS. The first kappa shape index (κ1) is 11.8. The molecule has 18 heavy (non-hydrogen) atoms. The van der Waals surface area contributed by atoms with E-state index in [1.54, 1.807) is 6.20 Å². The molecule has 3 nitrogen and oxygen atoms in total. The first-order valence-electron chi connectivity index (χ1n) is 6.22. The van der Waals surface area contributed by atoms with Crippen LogP contribution in [0.5, 0.6) is 0 Å². The van der Waals surface area contributed by atoms with Crippen molar-refractivity contribution in [3.8, 4) is 0 Å². The zero-order valence-electron chi connectivity index (χ0n) is 10.1. The van der Waals surface area contributed by atoms with E-state index in [2.05, 4.69) is 17.1 Å². The van der Waals surface area contributed by atoms with Gasteiger partial charge in [-0.15, -0.1) is 11.8 Å². The van der Waals surface area contributed by atoms with Crippen LogP contribution < -0.4 is 5.73 Å². The molecule has 1 aliphatic rings. The van der Waals surface area contributed by atoms with Crippen LogP contribution in [0.1, 0.15) is 12.8 Å². The van der Waals surface area contributed by atoms with E-state index >= 15 is 0 Å². The highest BCUT2D eigenvalue weighted by molar-refractivity contribution is 8.00. The molecule has 0 aliphatic carbocycles. The standard InChI is InChI=1S/C14H16N2OS/c15-12-3-4-13(11-2-1-7-16-14(11)12)18-10-5-8-17-9-6-10/h1-4,7,10H,5-6,8-9,15H2. The topological polar surface area (TPSA) is 48.1 Å². The molecule has 2 aromatic rings. The predicted molar refractivity (Wildman–Crippen MR) is 75.9 cm³/mol. The minimum atomic E-state index is 0.644. The van der Waals surface area contributed by atoms with E-state index in [0.29, 0.717) is 5.25 Å². The lowest BCUT2D eigenvalue weighted by molar-refractivity contribution is 0.100. The van der Waals surface area contributed by atoms with Gasteiger partial charge in [-0.3, -0.25) is 4.98 Å². The Bertz CT molecular complexity index is 552. The fraction of sp³-hybridized carbons (Fsp3) is 0.357. The van der Waals surface area contributed by atoms with Gasteiger partial charge in [0.1, 0.15) is 0 Å². The Hall–Kier alpha value is -1.26. The van der Waals surface area contributed by atoms with E-state index < -0.39 is 0 Å². The SMILES string of the molecule is Nc1ccc(SC2CCOCC2)c2cccnc12. The molecule has 0 spiro atoms. The third-order valence-corrected chi connectivity index (χ3v) is 4.64. The molecule has 1 saturated heterocycles. The molecule has 0 unspecified atom stereocenters. The number of rotatable bonds is 2. The maximum atomic E-state index is 5.97. The Morgan fingerprint density at radius 1 is 1.22 bits per heavy atom. The van der Waals surface area contributed by atoms with Gasteiger partial charge in [0.05, 0.1) is 11.2 Å². The van der Waals surface area contributed by atoms with Crippen LogP contribution in [-0.2, 0) is 4.74 Å². The Morgan fingerprint density at radius 2 is 2.06 bits per heavy atom. The molecule has 4 heteroatoms. The van der Waals surface area contributed by atoms with Gasteiger partial charge in [0.15, 0.2) is 0 Å². The smallest absolute Gasteiger partial charge is 0.0942 e. The van der Waals surface area contributed by atoms with Crippen LogP contribution in [0.4, 0.5) is 5.69 Å². The van der Waals surface area contributed by atoms with Crippen molar-refractivity contribution in [2.45, 2.75) is 23.0 Å². The lowest BCUT2D eigenvalue weighted by Crippen LogP contribution is -2.17. The highest BCUT2D eigenvalue weighted by atomic mass is 32.2. The maximum absolute atomic E-state index is 5.97. The Balaban J connectivity index is 1.94. The fourth-order valence-corrected chi connectivity index (χ4v) is 3.47. The average molecular weight is 260 g/mol. The Kier molecular flexibility index (Phi) is 3.39. The summed E-state index contributed by atoms with van der Waals surface area (Å²) in [4.78, 5) is 5.65. The lowest BCUT2D eigenvalue weighted by atomic mass is 10.2. The van der Waals surface area contributed by atoms with Gasteiger partial charge in [-0.05, 0) is 31.0 Å². The number of hydrogen-bond acceptors (Lipinski definition) is 4. The van der Waals surface area contributed by atoms with Crippen molar-refractivity contribution in [2.75, 3.05) is 18.9 Å². The Morgan fingerprint density at radius 3 is 2.89 bits per heavy atom. The van der Waals surface area contributed by atoms with E-state index in [4.69, 9.17) is 10.5 Å². The molecular weight excluding hydrogens is 244 g/mol. The molecule has 0 radical (unpaired) electrons. The van der Waals surface area contributed by atoms with Crippen LogP contribution >= 0.6 is 11.8 Å². The van der Waals surface area contributed by atoms with Crippen molar-refractivity contribution in [3.63, 3.8) is 0 Å². The maximum Gasteiger partial charge on any atom is 0.0942 e. The molecule has 1 aliphatic heterocycles. The number of pyridine rings is 1. The van der Waals surface area contributed by atoms with Gasteiger partial charge >= 0.3 is 0 Å². The van der Waals surface area contributed by atoms with Gasteiger partial charge in [-0.25, -0.2) is 0 Å². The summed E-state index contributed by atoms with van der Waals surface area (Å²) in [5, 5.41) is 1.81. The predicted octanol–water partition coefficient (Wildman–Crippen LogP) is 3.09. The van der Waals surface area contributed by atoms with Gasteiger partial charge < -0.3 is 10.5 Å². The number of aromatic nitrogens is 1. The highest BCUT2D eigenvalue weighted by Crippen LogP contribution is 2.35. The van der Waals surface area contributed by atoms with Gasteiger partial charge in [0.2, 0.25) is 0 Å². The van der Waals surface area contributed by atoms with E-state index in [1.165, 1.54) is 4.90 Å². The summed E-state index contributed by atoms with van der Waals surface area (Å²) in [6.45, 7) is 1.76. The number of ether oxygens (including phenoxy) is 1. The molecule has 2 heterocycles. The number of nitrogens with two attached hydrogens (primary N) is 1. The molecule has 1 aromatic carbocycles. The van der Waals surface area contributed by atoms with E-state index in [9.17, 15) is 0 Å². The third-order valence-electron chi connectivity index (χ3n) is 3.22. The Labute approximate surface area is 111 Å². The highest BCUT2D eigenvalue weighted by Gasteiger charge is 2.16. The van der Waals surface area contributed by atoms with E-state index in [-0.39, 0.29) is 0 Å². The molecule has 0 atom stereocenters. The quantitative estimate of drug-likeness (QED) is 0.843. The zero-order valence-corrected chi connectivity index (χ0v) is 11.0. The number of benzene rings is 1. The monoisotopic (exact) mass is 260 g/mol. The lowest BCUT2D eigenvalue weighted by Gasteiger charge is -2.22. The average Bonchev–Trinajstić information content (AvgIpc) is 2.44. The number of hydrogen-bond donors (Lipinski definition) is 1. The van der Waals surface area contributed by atoms with Crippen molar-refractivity contribution >= 4 is 28.4 Å². The summed E-state index contributed by atoms with van der Waals surface area (Å²) in [6.07, 6.45) is 4.04. The second kappa shape index (κ2) is 5.16.